The Labute approximate surface area is 235 Å². The zero-order chi connectivity index (χ0) is 28.1. The Morgan fingerprint density at radius 1 is 1.15 bits per heavy atom. The van der Waals surface area contributed by atoms with E-state index in [-0.39, 0.29) is 46.5 Å². The fraction of sp³-hybridized carbons (Fsp3) is 0.233. The van der Waals surface area contributed by atoms with Gasteiger partial charge in [0, 0.05) is 32.3 Å². The third-order valence-electron chi connectivity index (χ3n) is 7.41. The summed E-state index contributed by atoms with van der Waals surface area (Å²) in [5, 5.41) is 16.1. The van der Waals surface area contributed by atoms with Crippen molar-refractivity contribution in [2.45, 2.75) is 25.0 Å². The first-order valence-electron chi connectivity index (χ1n) is 12.9. The number of nitriles is 1. The molecule has 1 fully saturated rings. The van der Waals surface area contributed by atoms with Crippen LogP contribution < -0.4 is 15.9 Å². The van der Waals surface area contributed by atoms with Crippen molar-refractivity contribution in [3.05, 3.63) is 82.3 Å². The third kappa shape index (κ3) is 4.31. The molecule has 4 aromatic rings. The average molecular weight is 557 g/mol. The molecule has 40 heavy (non-hydrogen) atoms. The van der Waals surface area contributed by atoms with E-state index < -0.39 is 5.82 Å². The minimum atomic E-state index is -0.730. The first-order chi connectivity index (χ1) is 19.3. The number of benzene rings is 3. The molecule has 10 heteroatoms. The van der Waals surface area contributed by atoms with Crippen LogP contribution in [0.3, 0.4) is 0 Å². The minimum Gasteiger partial charge on any atom is -0.489 e. The van der Waals surface area contributed by atoms with Crippen molar-refractivity contribution in [2.75, 3.05) is 13.6 Å². The number of ether oxygens (including phenoxy) is 1. The van der Waals surface area contributed by atoms with Crippen molar-refractivity contribution in [1.29, 1.82) is 5.26 Å². The number of carbonyl (C=O) groups excluding carboxylic acids is 1. The van der Waals surface area contributed by atoms with E-state index in [4.69, 9.17) is 22.1 Å². The van der Waals surface area contributed by atoms with E-state index in [2.05, 4.69) is 16.6 Å². The fourth-order valence-electron chi connectivity index (χ4n) is 5.31. The maximum Gasteiger partial charge on any atom is 0.266 e. The highest BCUT2D eigenvalue weighted by Crippen LogP contribution is 2.45. The van der Waals surface area contributed by atoms with Crippen LogP contribution in [0.15, 0.2) is 54.7 Å². The molecule has 1 unspecified atom stereocenters. The van der Waals surface area contributed by atoms with Crippen LogP contribution in [0.25, 0.3) is 33.5 Å². The highest BCUT2D eigenvalue weighted by Gasteiger charge is 2.34. The van der Waals surface area contributed by atoms with E-state index in [9.17, 15) is 10.1 Å². The molecule has 6 rings (SSSR count). The van der Waals surface area contributed by atoms with Gasteiger partial charge in [-0.1, -0.05) is 41.9 Å². The average Bonchev–Trinajstić information content (AvgIpc) is 3.69. The van der Waals surface area contributed by atoms with Crippen molar-refractivity contribution in [2.24, 2.45) is 12.8 Å². The number of halogens is 2. The van der Waals surface area contributed by atoms with Gasteiger partial charge in [-0.2, -0.15) is 10.4 Å². The molecule has 3 N–H and O–H groups in total. The largest absolute Gasteiger partial charge is 0.489 e. The molecule has 0 saturated heterocycles. The number of hydrazine groups is 1. The second kappa shape index (κ2) is 10.1. The number of aryl methyl sites for hydroxylation is 1. The van der Waals surface area contributed by atoms with Gasteiger partial charge in [0.1, 0.15) is 17.4 Å². The highest BCUT2D eigenvalue weighted by molar-refractivity contribution is 6.31. The number of nitrogens with one attached hydrogen (secondary N) is 1. The minimum absolute atomic E-state index is 0.0158. The topological polar surface area (TPSA) is 109 Å². The van der Waals surface area contributed by atoms with Crippen LogP contribution in [0.4, 0.5) is 4.39 Å². The van der Waals surface area contributed by atoms with Gasteiger partial charge in [0.15, 0.2) is 5.82 Å². The summed E-state index contributed by atoms with van der Waals surface area (Å²) in [7, 11) is 3.45. The lowest BCUT2D eigenvalue weighted by Crippen LogP contribution is -2.49. The predicted octanol–water partition coefficient (Wildman–Crippen LogP) is 5.22. The molecule has 1 saturated carbocycles. The first kappa shape index (κ1) is 26.0. The molecule has 0 radical (unpaired) electrons. The molecule has 2 heterocycles. The van der Waals surface area contributed by atoms with E-state index in [1.807, 2.05) is 42.5 Å². The maximum absolute atomic E-state index is 15.8. The van der Waals surface area contributed by atoms with Gasteiger partial charge >= 0.3 is 0 Å². The molecule has 0 spiro atoms. The second-order valence-corrected chi connectivity index (χ2v) is 10.4. The van der Waals surface area contributed by atoms with E-state index in [0.29, 0.717) is 27.9 Å². The summed E-state index contributed by atoms with van der Waals surface area (Å²) < 4.78 is 23.3. The molecule has 3 aromatic carbocycles. The lowest BCUT2D eigenvalue weighted by molar-refractivity contribution is 0.0715. The van der Waals surface area contributed by atoms with Crippen molar-refractivity contribution in [3.8, 4) is 45.3 Å². The summed E-state index contributed by atoms with van der Waals surface area (Å²) in [4.78, 5) is 13.3. The Hall–Kier alpha value is -4.23. The van der Waals surface area contributed by atoms with Crippen molar-refractivity contribution < 1.29 is 13.9 Å². The van der Waals surface area contributed by atoms with Crippen molar-refractivity contribution >= 4 is 17.5 Å². The van der Waals surface area contributed by atoms with Crippen LogP contribution in [0.2, 0.25) is 5.02 Å². The standard InChI is InChI=1S/C30H26ClFN6O2/c1-37-24(14-34)20-11-17(10-19(26(20)30(39)36-37)16-6-4-3-5-7-16)22-15-35-38(2)29(22)27-21(13-33)25(40-18-8-9-18)12-23(31)28(27)32/h3-7,10-12,15,18,24H,8-9,14,34H2,1-2H3,(H,36,39). The quantitative estimate of drug-likeness (QED) is 0.337. The summed E-state index contributed by atoms with van der Waals surface area (Å²) in [6.45, 7) is 0.255. The number of aromatic nitrogens is 2. The Bertz CT molecular complexity index is 1690. The van der Waals surface area contributed by atoms with E-state index in [1.165, 1.54) is 10.7 Å². The maximum atomic E-state index is 15.8. The number of nitrogens with zero attached hydrogens (tertiary/aromatic N) is 4. The van der Waals surface area contributed by atoms with Gasteiger partial charge < -0.3 is 10.5 Å². The number of hydrogen-bond acceptors (Lipinski definition) is 6. The number of carbonyl (C=O) groups is 1. The van der Waals surface area contributed by atoms with Crippen LogP contribution in [0, 0.1) is 17.1 Å². The SMILES string of the molecule is CN1NC(=O)c2c(-c3ccccc3)cc(-c3cnn(C)c3-c3c(F)c(Cl)cc(OC4CC4)c3C#N)cc2C1CN. The van der Waals surface area contributed by atoms with Gasteiger partial charge in [0.25, 0.3) is 5.91 Å². The normalized spacial score (nSPS) is 16.8. The van der Waals surface area contributed by atoms with Gasteiger partial charge in [-0.3, -0.25) is 14.9 Å². The summed E-state index contributed by atoms with van der Waals surface area (Å²) in [6, 6.07) is 16.5. The molecule has 0 bridgehead atoms. The molecule has 1 atom stereocenters. The molecular formula is C30H26ClFN6O2. The molecular weight excluding hydrogens is 531 g/mol. The van der Waals surface area contributed by atoms with Crippen LogP contribution in [0.1, 0.15) is 40.4 Å². The zero-order valence-corrected chi connectivity index (χ0v) is 22.7. The summed E-state index contributed by atoms with van der Waals surface area (Å²) >= 11 is 6.33. The van der Waals surface area contributed by atoms with Gasteiger partial charge in [-0.15, -0.1) is 0 Å². The highest BCUT2D eigenvalue weighted by atomic mass is 35.5. The second-order valence-electron chi connectivity index (χ2n) is 10.0. The van der Waals surface area contributed by atoms with E-state index in [0.717, 1.165) is 24.0 Å². The molecule has 1 amide bonds. The van der Waals surface area contributed by atoms with Gasteiger partial charge in [0.05, 0.1) is 40.2 Å². The number of amides is 1. The Balaban J connectivity index is 1.63. The van der Waals surface area contributed by atoms with Crippen LogP contribution in [-0.4, -0.2) is 40.4 Å². The number of likely N-dealkylation sites (N-methyl/N-ethyl adjacent to an activating group) is 1. The number of hydrogen-bond donors (Lipinski definition) is 2. The first-order valence-corrected chi connectivity index (χ1v) is 13.3. The summed E-state index contributed by atoms with van der Waals surface area (Å²) in [5.41, 5.74) is 13.6. The molecule has 8 nitrogen and oxygen atoms in total. The molecule has 1 aliphatic heterocycles. The van der Waals surface area contributed by atoms with Gasteiger partial charge in [-0.05, 0) is 47.2 Å². The van der Waals surface area contributed by atoms with E-state index >= 15 is 4.39 Å². The van der Waals surface area contributed by atoms with Crippen LogP contribution in [0.5, 0.6) is 5.75 Å². The summed E-state index contributed by atoms with van der Waals surface area (Å²) in [5.74, 6) is -0.726. The van der Waals surface area contributed by atoms with Gasteiger partial charge in [0.2, 0.25) is 0 Å². The Kier molecular flexibility index (Phi) is 6.55. The Morgan fingerprint density at radius 3 is 2.58 bits per heavy atom. The predicted molar refractivity (Wildman–Crippen MR) is 150 cm³/mol. The fourth-order valence-corrected chi connectivity index (χ4v) is 5.50. The Morgan fingerprint density at radius 2 is 1.90 bits per heavy atom. The van der Waals surface area contributed by atoms with Crippen molar-refractivity contribution in [1.82, 2.24) is 20.2 Å². The number of fused-ring (bicyclic) bond motifs is 1. The smallest absolute Gasteiger partial charge is 0.266 e. The van der Waals surface area contributed by atoms with Crippen LogP contribution >= 0.6 is 11.6 Å². The zero-order valence-electron chi connectivity index (χ0n) is 21.9. The molecule has 202 valence electrons. The summed E-state index contributed by atoms with van der Waals surface area (Å²) in [6.07, 6.45) is 3.35. The van der Waals surface area contributed by atoms with Crippen molar-refractivity contribution in [3.63, 3.8) is 0 Å². The van der Waals surface area contributed by atoms with Gasteiger partial charge in [-0.25, -0.2) is 9.40 Å². The molecule has 1 aromatic heterocycles. The molecule has 1 aliphatic carbocycles. The number of nitrogens with two attached hydrogens (primary N) is 1. The molecule has 2 aliphatic rings. The number of rotatable bonds is 6. The third-order valence-corrected chi connectivity index (χ3v) is 7.68. The van der Waals surface area contributed by atoms with Crippen LogP contribution in [-0.2, 0) is 7.05 Å². The van der Waals surface area contributed by atoms with E-state index in [1.54, 1.807) is 25.3 Å². The lowest BCUT2D eigenvalue weighted by Gasteiger charge is -2.35. The monoisotopic (exact) mass is 556 g/mol. The lowest BCUT2D eigenvalue weighted by atomic mass is 9.85.